The number of imide groups is 1. The summed E-state index contributed by atoms with van der Waals surface area (Å²) in [6.07, 6.45) is 1.51. The van der Waals surface area contributed by atoms with Gasteiger partial charge in [-0.05, 0) is 48.9 Å². The van der Waals surface area contributed by atoms with Gasteiger partial charge in [0, 0.05) is 23.3 Å². The summed E-state index contributed by atoms with van der Waals surface area (Å²) in [7, 11) is 1.47. The number of rotatable bonds is 5. The highest BCUT2D eigenvalue weighted by atomic mass is 35.5. The molecule has 0 unspecified atom stereocenters. The van der Waals surface area contributed by atoms with Crippen LogP contribution in [-0.4, -0.2) is 37.0 Å². The summed E-state index contributed by atoms with van der Waals surface area (Å²) in [6.45, 7) is 1.78. The molecule has 2 heterocycles. The van der Waals surface area contributed by atoms with Gasteiger partial charge in [0.1, 0.15) is 23.2 Å². The molecule has 0 spiro atoms. The van der Waals surface area contributed by atoms with Gasteiger partial charge in [-0.15, -0.1) is 0 Å². The van der Waals surface area contributed by atoms with Crippen LogP contribution in [-0.2, 0) is 14.3 Å². The van der Waals surface area contributed by atoms with Crippen molar-refractivity contribution in [2.24, 2.45) is 0 Å². The third kappa shape index (κ3) is 4.13. The molecule has 1 aliphatic heterocycles. The number of furan rings is 1. The first-order valence-electron chi connectivity index (χ1n) is 8.60. The lowest BCUT2D eigenvalue weighted by molar-refractivity contribution is -0.141. The molecular formula is C21H16Cl2N2O4. The normalized spacial score (nSPS) is 16.0. The molecule has 0 saturated heterocycles. The van der Waals surface area contributed by atoms with Crippen LogP contribution in [0.15, 0.2) is 51.5 Å². The van der Waals surface area contributed by atoms with Crippen molar-refractivity contribution in [3.05, 3.63) is 62.9 Å². The van der Waals surface area contributed by atoms with E-state index >= 15 is 0 Å². The fourth-order valence-corrected chi connectivity index (χ4v) is 3.42. The van der Waals surface area contributed by atoms with E-state index in [1.807, 2.05) is 6.07 Å². The van der Waals surface area contributed by atoms with Gasteiger partial charge in [-0.2, -0.15) is 5.26 Å². The SMILES string of the molecule is COCCN1C(=O)C(C#N)=C(C)/C(=C/c2ccc(-c3ccc(Cl)cc3Cl)o2)C1=O. The number of hydrogen-bond acceptors (Lipinski definition) is 5. The Balaban J connectivity index is 2.01. The monoisotopic (exact) mass is 430 g/mol. The summed E-state index contributed by atoms with van der Waals surface area (Å²) in [6, 6.07) is 10.3. The van der Waals surface area contributed by atoms with E-state index in [9.17, 15) is 14.9 Å². The number of methoxy groups -OCH3 is 1. The molecule has 29 heavy (non-hydrogen) atoms. The fraction of sp³-hybridized carbons (Fsp3) is 0.190. The largest absolute Gasteiger partial charge is 0.457 e. The molecular weight excluding hydrogens is 415 g/mol. The van der Waals surface area contributed by atoms with Crippen molar-refractivity contribution in [2.75, 3.05) is 20.3 Å². The first-order valence-corrected chi connectivity index (χ1v) is 9.36. The maximum Gasteiger partial charge on any atom is 0.271 e. The molecule has 0 fully saturated rings. The van der Waals surface area contributed by atoms with Crippen LogP contribution >= 0.6 is 23.2 Å². The number of carbonyl (C=O) groups excluding carboxylic acids is 2. The van der Waals surface area contributed by atoms with Crippen LogP contribution in [0.5, 0.6) is 0 Å². The van der Waals surface area contributed by atoms with Crippen LogP contribution in [0.3, 0.4) is 0 Å². The minimum Gasteiger partial charge on any atom is -0.457 e. The quantitative estimate of drug-likeness (QED) is 0.515. The molecule has 1 aromatic carbocycles. The molecule has 8 heteroatoms. The second-order valence-electron chi connectivity index (χ2n) is 6.25. The molecule has 2 amide bonds. The standard InChI is InChI=1S/C21H16Cl2N2O4/c1-12-16(20(26)25(7-8-28-2)21(27)17(12)11-24)10-14-4-6-19(29-14)15-5-3-13(22)9-18(15)23/h3-6,9-10H,7-8H2,1-2H3/b16-10-. The summed E-state index contributed by atoms with van der Waals surface area (Å²) in [4.78, 5) is 26.3. The van der Waals surface area contributed by atoms with Crippen LogP contribution < -0.4 is 0 Å². The number of ether oxygens (including phenoxy) is 1. The molecule has 3 rings (SSSR count). The Bertz CT molecular complexity index is 1090. The highest BCUT2D eigenvalue weighted by molar-refractivity contribution is 6.36. The lowest BCUT2D eigenvalue weighted by Crippen LogP contribution is -2.44. The van der Waals surface area contributed by atoms with Crippen LogP contribution in [0.4, 0.5) is 0 Å². The maximum absolute atomic E-state index is 12.8. The van der Waals surface area contributed by atoms with Crippen molar-refractivity contribution in [3.63, 3.8) is 0 Å². The molecule has 0 saturated carbocycles. The molecule has 0 N–H and O–H groups in total. The van der Waals surface area contributed by atoms with Crippen LogP contribution in [0.25, 0.3) is 17.4 Å². The van der Waals surface area contributed by atoms with Gasteiger partial charge in [-0.1, -0.05) is 23.2 Å². The number of nitrogens with zero attached hydrogens (tertiary/aromatic N) is 2. The summed E-state index contributed by atoms with van der Waals surface area (Å²) in [5.74, 6) is -0.258. The first kappa shape index (κ1) is 20.9. The number of nitriles is 1. The van der Waals surface area contributed by atoms with Gasteiger partial charge in [0.05, 0.1) is 18.2 Å². The van der Waals surface area contributed by atoms with E-state index in [4.69, 9.17) is 32.4 Å². The van der Waals surface area contributed by atoms with Crippen molar-refractivity contribution >= 4 is 41.1 Å². The lowest BCUT2D eigenvalue weighted by atomic mass is 9.95. The third-order valence-corrected chi connectivity index (χ3v) is 5.00. The summed E-state index contributed by atoms with van der Waals surface area (Å²) >= 11 is 12.1. The zero-order valence-electron chi connectivity index (χ0n) is 15.7. The Hall–Kier alpha value is -2.85. The second-order valence-corrected chi connectivity index (χ2v) is 7.09. The molecule has 0 atom stereocenters. The first-order chi connectivity index (χ1) is 13.9. The van der Waals surface area contributed by atoms with Crippen molar-refractivity contribution in [1.29, 1.82) is 5.26 Å². The molecule has 6 nitrogen and oxygen atoms in total. The molecule has 1 aliphatic rings. The second kappa shape index (κ2) is 8.66. The average Bonchev–Trinajstić information content (AvgIpc) is 3.14. The van der Waals surface area contributed by atoms with Crippen molar-refractivity contribution < 1.29 is 18.7 Å². The Morgan fingerprint density at radius 1 is 1.21 bits per heavy atom. The Kier molecular flexibility index (Phi) is 6.23. The number of hydrogen-bond donors (Lipinski definition) is 0. The van der Waals surface area contributed by atoms with Crippen LogP contribution in [0.2, 0.25) is 10.0 Å². The van der Waals surface area contributed by atoms with E-state index in [1.165, 1.54) is 13.2 Å². The van der Waals surface area contributed by atoms with Crippen LogP contribution in [0, 0.1) is 11.3 Å². The summed E-state index contributed by atoms with van der Waals surface area (Å²) < 4.78 is 10.8. The predicted octanol–water partition coefficient (Wildman–Crippen LogP) is 4.49. The van der Waals surface area contributed by atoms with Crippen molar-refractivity contribution in [2.45, 2.75) is 6.92 Å². The Labute approximate surface area is 177 Å². The Morgan fingerprint density at radius 3 is 2.62 bits per heavy atom. The van der Waals surface area contributed by atoms with Gasteiger partial charge in [-0.25, -0.2) is 0 Å². The minimum absolute atomic E-state index is 0.0494. The van der Waals surface area contributed by atoms with Gasteiger partial charge in [0.2, 0.25) is 0 Å². The zero-order valence-corrected chi connectivity index (χ0v) is 17.2. The minimum atomic E-state index is -0.628. The number of benzene rings is 1. The highest BCUT2D eigenvalue weighted by Crippen LogP contribution is 2.33. The van der Waals surface area contributed by atoms with Gasteiger partial charge >= 0.3 is 0 Å². The molecule has 0 bridgehead atoms. The van der Waals surface area contributed by atoms with E-state index in [2.05, 4.69) is 0 Å². The third-order valence-electron chi connectivity index (χ3n) is 4.45. The number of halogens is 2. The maximum atomic E-state index is 12.8. The smallest absolute Gasteiger partial charge is 0.271 e. The molecule has 0 radical (unpaired) electrons. The molecule has 1 aromatic heterocycles. The topological polar surface area (TPSA) is 83.5 Å². The average molecular weight is 431 g/mol. The predicted molar refractivity (Wildman–Crippen MR) is 109 cm³/mol. The summed E-state index contributed by atoms with van der Waals surface area (Å²) in [5.41, 5.74) is 1.08. The molecule has 148 valence electrons. The van der Waals surface area contributed by atoms with Gasteiger partial charge in [0.25, 0.3) is 11.8 Å². The van der Waals surface area contributed by atoms with Crippen molar-refractivity contribution in [3.8, 4) is 17.4 Å². The van der Waals surface area contributed by atoms with E-state index in [0.717, 1.165) is 4.90 Å². The fourth-order valence-electron chi connectivity index (χ4n) is 2.92. The van der Waals surface area contributed by atoms with E-state index in [0.29, 0.717) is 32.7 Å². The lowest BCUT2D eigenvalue weighted by Gasteiger charge is -2.26. The highest BCUT2D eigenvalue weighted by Gasteiger charge is 2.35. The van der Waals surface area contributed by atoms with Gasteiger partial charge in [-0.3, -0.25) is 14.5 Å². The molecule has 0 aliphatic carbocycles. The van der Waals surface area contributed by atoms with E-state index < -0.39 is 11.8 Å². The molecule has 2 aromatic rings. The van der Waals surface area contributed by atoms with E-state index in [1.54, 1.807) is 37.3 Å². The Morgan fingerprint density at radius 2 is 1.97 bits per heavy atom. The van der Waals surface area contributed by atoms with Gasteiger partial charge < -0.3 is 9.15 Å². The van der Waals surface area contributed by atoms with Crippen LogP contribution in [0.1, 0.15) is 12.7 Å². The van der Waals surface area contributed by atoms with Crippen molar-refractivity contribution in [1.82, 2.24) is 4.90 Å². The zero-order chi connectivity index (χ0) is 21.1. The number of carbonyl (C=O) groups is 2. The van der Waals surface area contributed by atoms with E-state index in [-0.39, 0.29) is 24.3 Å². The number of amides is 2. The summed E-state index contributed by atoms with van der Waals surface area (Å²) in [5, 5.41) is 10.3. The van der Waals surface area contributed by atoms with Gasteiger partial charge in [0.15, 0.2) is 0 Å².